The first kappa shape index (κ1) is 15.1. The van der Waals surface area contributed by atoms with E-state index in [4.69, 9.17) is 5.73 Å². The summed E-state index contributed by atoms with van der Waals surface area (Å²) in [6.45, 7) is 7.36. The van der Waals surface area contributed by atoms with Crippen LogP contribution in [0.25, 0.3) is 0 Å². The minimum atomic E-state index is 0.200. The van der Waals surface area contributed by atoms with Gasteiger partial charge in [-0.25, -0.2) is 4.98 Å². The molecule has 1 heterocycles. The van der Waals surface area contributed by atoms with E-state index in [0.29, 0.717) is 6.54 Å². The van der Waals surface area contributed by atoms with Gasteiger partial charge in [0.15, 0.2) is 0 Å². The quantitative estimate of drug-likeness (QED) is 0.922. The molecule has 0 saturated carbocycles. The lowest BCUT2D eigenvalue weighted by molar-refractivity contribution is 0.590. The van der Waals surface area contributed by atoms with Gasteiger partial charge in [0.1, 0.15) is 5.03 Å². The standard InChI is InChI=1S/C17H22N2S/c1-17(2,3)14-5-7-15(8-6-14)20-16-9-4-13(10-11-18)12-19-16/h4-9,12H,10-11,18H2,1-3H3. The van der Waals surface area contributed by atoms with Crippen molar-refractivity contribution < 1.29 is 0 Å². The summed E-state index contributed by atoms with van der Waals surface area (Å²) in [7, 11) is 0. The SMILES string of the molecule is CC(C)(C)c1ccc(Sc2ccc(CCN)cn2)cc1. The van der Waals surface area contributed by atoms with Gasteiger partial charge < -0.3 is 5.73 Å². The maximum atomic E-state index is 5.54. The molecule has 1 aromatic heterocycles. The second-order valence-electron chi connectivity index (χ2n) is 5.92. The zero-order valence-electron chi connectivity index (χ0n) is 12.4. The van der Waals surface area contributed by atoms with E-state index in [1.54, 1.807) is 11.8 Å². The average molecular weight is 286 g/mol. The Morgan fingerprint density at radius 3 is 2.25 bits per heavy atom. The minimum absolute atomic E-state index is 0.200. The molecule has 0 unspecified atom stereocenters. The molecule has 3 heteroatoms. The highest BCUT2D eigenvalue weighted by atomic mass is 32.2. The van der Waals surface area contributed by atoms with Gasteiger partial charge in [0.2, 0.25) is 0 Å². The predicted octanol–water partition coefficient (Wildman–Crippen LogP) is 4.03. The van der Waals surface area contributed by atoms with Crippen LogP contribution in [0.15, 0.2) is 52.5 Å². The van der Waals surface area contributed by atoms with Crippen molar-refractivity contribution in [2.75, 3.05) is 6.54 Å². The Balaban J connectivity index is 2.06. The number of pyridine rings is 1. The van der Waals surface area contributed by atoms with Crippen LogP contribution in [0, 0.1) is 0 Å². The molecule has 0 saturated heterocycles. The Hall–Kier alpha value is -1.32. The normalized spacial score (nSPS) is 11.6. The molecule has 0 spiro atoms. The van der Waals surface area contributed by atoms with Gasteiger partial charge in [-0.05, 0) is 47.7 Å². The van der Waals surface area contributed by atoms with E-state index in [2.05, 4.69) is 62.2 Å². The highest BCUT2D eigenvalue weighted by Gasteiger charge is 2.12. The van der Waals surface area contributed by atoms with Crippen LogP contribution < -0.4 is 5.73 Å². The van der Waals surface area contributed by atoms with E-state index >= 15 is 0 Å². The third-order valence-electron chi connectivity index (χ3n) is 3.17. The van der Waals surface area contributed by atoms with E-state index < -0.39 is 0 Å². The molecule has 2 aromatic rings. The summed E-state index contributed by atoms with van der Waals surface area (Å²) in [6.07, 6.45) is 2.80. The van der Waals surface area contributed by atoms with Gasteiger partial charge in [0.05, 0.1) is 0 Å². The average Bonchev–Trinajstić information content (AvgIpc) is 2.41. The Morgan fingerprint density at radius 2 is 1.75 bits per heavy atom. The first-order valence-corrected chi connectivity index (χ1v) is 7.74. The second kappa shape index (κ2) is 6.42. The first-order chi connectivity index (χ1) is 9.49. The van der Waals surface area contributed by atoms with Crippen molar-refractivity contribution in [3.05, 3.63) is 53.7 Å². The van der Waals surface area contributed by atoms with Gasteiger partial charge in [-0.2, -0.15) is 0 Å². The van der Waals surface area contributed by atoms with Crippen LogP contribution in [0.3, 0.4) is 0 Å². The fourth-order valence-corrected chi connectivity index (χ4v) is 2.68. The maximum absolute atomic E-state index is 5.54. The molecular formula is C17H22N2S. The molecule has 0 aliphatic carbocycles. The summed E-state index contributed by atoms with van der Waals surface area (Å²) in [5, 5.41) is 1.02. The zero-order valence-corrected chi connectivity index (χ0v) is 13.2. The van der Waals surface area contributed by atoms with Crippen molar-refractivity contribution in [3.63, 3.8) is 0 Å². The number of hydrogen-bond donors (Lipinski definition) is 1. The van der Waals surface area contributed by atoms with Crippen LogP contribution in [-0.4, -0.2) is 11.5 Å². The summed E-state index contributed by atoms with van der Waals surface area (Å²) >= 11 is 1.69. The van der Waals surface area contributed by atoms with Gasteiger partial charge in [0.25, 0.3) is 0 Å². The minimum Gasteiger partial charge on any atom is -0.330 e. The molecule has 0 amide bonds. The van der Waals surface area contributed by atoms with E-state index in [0.717, 1.165) is 11.4 Å². The summed E-state index contributed by atoms with van der Waals surface area (Å²) in [5.74, 6) is 0. The van der Waals surface area contributed by atoms with Crippen LogP contribution >= 0.6 is 11.8 Å². The van der Waals surface area contributed by atoms with Crippen LogP contribution in [0.4, 0.5) is 0 Å². The third kappa shape index (κ3) is 4.09. The summed E-state index contributed by atoms with van der Waals surface area (Å²) < 4.78 is 0. The molecule has 2 N–H and O–H groups in total. The Labute approximate surface area is 125 Å². The van der Waals surface area contributed by atoms with E-state index in [1.807, 2.05) is 6.20 Å². The lowest BCUT2D eigenvalue weighted by Crippen LogP contribution is -2.10. The molecule has 2 nitrogen and oxygen atoms in total. The molecule has 20 heavy (non-hydrogen) atoms. The molecule has 0 aliphatic rings. The summed E-state index contributed by atoms with van der Waals surface area (Å²) in [5.41, 5.74) is 8.29. The van der Waals surface area contributed by atoms with Gasteiger partial charge >= 0.3 is 0 Å². The van der Waals surface area contributed by atoms with Crippen molar-refractivity contribution in [3.8, 4) is 0 Å². The van der Waals surface area contributed by atoms with Crippen molar-refractivity contribution in [2.45, 2.75) is 42.5 Å². The summed E-state index contributed by atoms with van der Waals surface area (Å²) in [4.78, 5) is 5.69. The van der Waals surface area contributed by atoms with Crippen molar-refractivity contribution in [1.29, 1.82) is 0 Å². The molecule has 0 fully saturated rings. The Kier molecular flexibility index (Phi) is 4.84. The number of rotatable bonds is 4. The van der Waals surface area contributed by atoms with Gasteiger partial charge in [0, 0.05) is 11.1 Å². The third-order valence-corrected chi connectivity index (χ3v) is 4.13. The molecule has 0 radical (unpaired) electrons. The fraction of sp³-hybridized carbons (Fsp3) is 0.353. The van der Waals surface area contributed by atoms with Crippen molar-refractivity contribution in [1.82, 2.24) is 4.98 Å². The molecule has 1 aromatic carbocycles. The van der Waals surface area contributed by atoms with Gasteiger partial charge in [-0.15, -0.1) is 0 Å². The number of nitrogens with two attached hydrogens (primary N) is 1. The molecule has 0 aliphatic heterocycles. The highest BCUT2D eigenvalue weighted by Crippen LogP contribution is 2.29. The molecule has 0 bridgehead atoms. The van der Waals surface area contributed by atoms with Crippen LogP contribution in [0.5, 0.6) is 0 Å². The van der Waals surface area contributed by atoms with Crippen molar-refractivity contribution >= 4 is 11.8 Å². The van der Waals surface area contributed by atoms with Gasteiger partial charge in [-0.1, -0.05) is 50.7 Å². The van der Waals surface area contributed by atoms with Crippen LogP contribution in [-0.2, 0) is 11.8 Å². The molecule has 2 rings (SSSR count). The monoisotopic (exact) mass is 286 g/mol. The molecule has 106 valence electrons. The number of nitrogens with zero attached hydrogens (tertiary/aromatic N) is 1. The van der Waals surface area contributed by atoms with E-state index in [9.17, 15) is 0 Å². The topological polar surface area (TPSA) is 38.9 Å². The molecular weight excluding hydrogens is 264 g/mol. The Morgan fingerprint density at radius 1 is 1.05 bits per heavy atom. The number of aromatic nitrogens is 1. The number of benzene rings is 1. The van der Waals surface area contributed by atoms with E-state index in [-0.39, 0.29) is 5.41 Å². The van der Waals surface area contributed by atoms with Crippen LogP contribution in [0.2, 0.25) is 0 Å². The van der Waals surface area contributed by atoms with Gasteiger partial charge in [-0.3, -0.25) is 0 Å². The highest BCUT2D eigenvalue weighted by molar-refractivity contribution is 7.99. The smallest absolute Gasteiger partial charge is 0.101 e. The Bertz CT molecular complexity index is 539. The summed E-state index contributed by atoms with van der Waals surface area (Å²) in [6, 6.07) is 12.9. The van der Waals surface area contributed by atoms with Crippen LogP contribution in [0.1, 0.15) is 31.9 Å². The van der Waals surface area contributed by atoms with E-state index in [1.165, 1.54) is 16.0 Å². The molecule has 0 atom stereocenters. The lowest BCUT2D eigenvalue weighted by atomic mass is 9.87. The second-order valence-corrected chi connectivity index (χ2v) is 7.01. The zero-order chi connectivity index (χ0) is 14.6. The lowest BCUT2D eigenvalue weighted by Gasteiger charge is -2.18. The number of hydrogen-bond acceptors (Lipinski definition) is 3. The maximum Gasteiger partial charge on any atom is 0.101 e. The fourth-order valence-electron chi connectivity index (χ4n) is 1.93. The predicted molar refractivity (Wildman–Crippen MR) is 86.3 cm³/mol. The first-order valence-electron chi connectivity index (χ1n) is 6.92. The van der Waals surface area contributed by atoms with Crippen molar-refractivity contribution in [2.24, 2.45) is 5.73 Å². The largest absolute Gasteiger partial charge is 0.330 e.